The van der Waals surface area contributed by atoms with Crippen molar-refractivity contribution in [1.29, 1.82) is 0 Å². The zero-order chi connectivity index (χ0) is 18.3. The van der Waals surface area contributed by atoms with Gasteiger partial charge in [-0.3, -0.25) is 0 Å². The van der Waals surface area contributed by atoms with E-state index in [0.29, 0.717) is 42.9 Å². The number of halogens is 2. The molecule has 0 bridgehead atoms. The third kappa shape index (κ3) is 3.03. The maximum absolute atomic E-state index is 13.3. The van der Waals surface area contributed by atoms with Crippen LogP contribution in [0.3, 0.4) is 0 Å². The molecule has 0 radical (unpaired) electrons. The molecule has 0 amide bonds. The number of hydrogen-bond acceptors (Lipinski definition) is 3. The summed E-state index contributed by atoms with van der Waals surface area (Å²) in [4.78, 5) is 2.21. The van der Waals surface area contributed by atoms with Crippen LogP contribution in [-0.4, -0.2) is 32.2 Å². The predicted molar refractivity (Wildman–Crippen MR) is 95.3 cm³/mol. The number of nitrogens with zero attached hydrogens (tertiary/aromatic N) is 2. The molecule has 4 rings (SSSR count). The standard InChI is InChI=1S/C19H16F2N2O2S/c20-16-6-5-14(12-17(16)21)11-13-7-9-23(10-8-13)19-15-3-1-2-4-18(15)26(24,25)22-19/h1-6,11-12H,7-10H2. The molecule has 2 aromatic carbocycles. The molecule has 0 spiro atoms. The van der Waals surface area contributed by atoms with Crippen molar-refractivity contribution < 1.29 is 17.2 Å². The second-order valence-corrected chi connectivity index (χ2v) is 7.92. The third-order valence-electron chi connectivity index (χ3n) is 4.63. The number of rotatable bonds is 1. The Balaban J connectivity index is 1.53. The highest BCUT2D eigenvalue weighted by atomic mass is 32.2. The predicted octanol–water partition coefficient (Wildman–Crippen LogP) is 3.59. The monoisotopic (exact) mass is 374 g/mol. The van der Waals surface area contributed by atoms with Crippen molar-refractivity contribution in [3.8, 4) is 0 Å². The van der Waals surface area contributed by atoms with Gasteiger partial charge in [0.15, 0.2) is 17.5 Å². The Hall–Kier alpha value is -2.54. The highest BCUT2D eigenvalue weighted by molar-refractivity contribution is 7.90. The van der Waals surface area contributed by atoms with Crippen LogP contribution in [-0.2, 0) is 10.0 Å². The van der Waals surface area contributed by atoms with Crippen molar-refractivity contribution >= 4 is 21.9 Å². The largest absolute Gasteiger partial charge is 0.355 e. The SMILES string of the molecule is O=S1(=O)N=C(N2CCC(=Cc3ccc(F)c(F)c3)CC2)c2ccccc21. The molecule has 134 valence electrons. The number of amidine groups is 1. The van der Waals surface area contributed by atoms with Gasteiger partial charge in [0.25, 0.3) is 10.0 Å². The average Bonchev–Trinajstić information content (AvgIpc) is 2.91. The Morgan fingerprint density at radius 1 is 1.00 bits per heavy atom. The number of likely N-dealkylation sites (tertiary alicyclic amines) is 1. The number of hydrogen-bond donors (Lipinski definition) is 0. The molecule has 0 N–H and O–H groups in total. The summed E-state index contributed by atoms with van der Waals surface area (Å²) in [6, 6.07) is 10.7. The van der Waals surface area contributed by atoms with Gasteiger partial charge in [-0.05, 0) is 42.7 Å². The maximum Gasteiger partial charge on any atom is 0.285 e. The molecular formula is C19H16F2N2O2S. The van der Waals surface area contributed by atoms with Gasteiger partial charge in [0, 0.05) is 18.7 Å². The molecular weight excluding hydrogens is 358 g/mol. The van der Waals surface area contributed by atoms with Crippen LogP contribution < -0.4 is 0 Å². The summed E-state index contributed by atoms with van der Waals surface area (Å²) in [5, 5.41) is 0. The van der Waals surface area contributed by atoms with Crippen molar-refractivity contribution in [2.45, 2.75) is 17.7 Å². The number of benzene rings is 2. The Kier molecular flexibility index (Phi) is 4.11. The fraction of sp³-hybridized carbons (Fsp3) is 0.211. The Labute approximate surface area is 150 Å². The summed E-state index contributed by atoms with van der Waals surface area (Å²) >= 11 is 0. The lowest BCUT2D eigenvalue weighted by atomic mass is 10.00. The van der Waals surface area contributed by atoms with Gasteiger partial charge in [-0.25, -0.2) is 8.78 Å². The van der Waals surface area contributed by atoms with E-state index in [1.165, 1.54) is 6.07 Å². The van der Waals surface area contributed by atoms with Crippen LogP contribution in [0.2, 0.25) is 0 Å². The molecule has 2 aliphatic heterocycles. The van der Waals surface area contributed by atoms with Crippen LogP contribution in [0.4, 0.5) is 8.78 Å². The van der Waals surface area contributed by atoms with Crippen LogP contribution in [0.25, 0.3) is 6.08 Å². The Bertz CT molecular complexity index is 1040. The minimum absolute atomic E-state index is 0.248. The van der Waals surface area contributed by atoms with Gasteiger partial charge < -0.3 is 4.90 Å². The van der Waals surface area contributed by atoms with Crippen LogP contribution >= 0.6 is 0 Å². The highest BCUT2D eigenvalue weighted by Gasteiger charge is 2.32. The Morgan fingerprint density at radius 2 is 1.73 bits per heavy atom. The van der Waals surface area contributed by atoms with Gasteiger partial charge in [-0.15, -0.1) is 4.40 Å². The van der Waals surface area contributed by atoms with Crippen LogP contribution in [0.5, 0.6) is 0 Å². The lowest BCUT2D eigenvalue weighted by Gasteiger charge is -2.30. The van der Waals surface area contributed by atoms with E-state index in [1.807, 2.05) is 11.0 Å². The first kappa shape index (κ1) is 16.9. The average molecular weight is 374 g/mol. The third-order valence-corrected chi connectivity index (χ3v) is 5.96. The summed E-state index contributed by atoms with van der Waals surface area (Å²) in [5.74, 6) is -1.23. The van der Waals surface area contributed by atoms with E-state index in [4.69, 9.17) is 0 Å². The fourth-order valence-corrected chi connectivity index (χ4v) is 4.53. The highest BCUT2D eigenvalue weighted by Crippen LogP contribution is 2.30. The second kappa shape index (κ2) is 6.32. The van der Waals surface area contributed by atoms with E-state index in [-0.39, 0.29) is 4.90 Å². The first-order valence-electron chi connectivity index (χ1n) is 8.28. The summed E-state index contributed by atoms with van der Waals surface area (Å²) in [6.45, 7) is 1.25. The number of piperidine rings is 1. The zero-order valence-corrected chi connectivity index (χ0v) is 14.6. The van der Waals surface area contributed by atoms with Crippen molar-refractivity contribution in [2.24, 2.45) is 4.40 Å². The smallest absolute Gasteiger partial charge is 0.285 e. The molecule has 7 heteroatoms. The van der Waals surface area contributed by atoms with Gasteiger partial charge in [-0.1, -0.05) is 29.8 Å². The lowest BCUT2D eigenvalue weighted by Crippen LogP contribution is -2.36. The van der Waals surface area contributed by atoms with Crippen LogP contribution in [0.1, 0.15) is 24.0 Å². The normalized spacial score (nSPS) is 18.5. The van der Waals surface area contributed by atoms with Crippen LogP contribution in [0.15, 0.2) is 57.3 Å². The molecule has 0 unspecified atom stereocenters. The summed E-state index contributed by atoms with van der Waals surface area (Å²) in [5.41, 5.74) is 2.38. The molecule has 0 aliphatic carbocycles. The van der Waals surface area contributed by atoms with E-state index in [0.717, 1.165) is 11.6 Å². The van der Waals surface area contributed by atoms with Gasteiger partial charge in [0.05, 0.1) is 0 Å². The molecule has 1 saturated heterocycles. The molecule has 26 heavy (non-hydrogen) atoms. The van der Waals surface area contributed by atoms with Gasteiger partial charge in [0.1, 0.15) is 4.90 Å². The van der Waals surface area contributed by atoms with Crippen LogP contribution in [0, 0.1) is 11.6 Å². The van der Waals surface area contributed by atoms with Crippen molar-refractivity contribution in [3.05, 3.63) is 70.8 Å². The Morgan fingerprint density at radius 3 is 2.46 bits per heavy atom. The van der Waals surface area contributed by atoms with Gasteiger partial charge in [0.2, 0.25) is 0 Å². The molecule has 1 fully saturated rings. The topological polar surface area (TPSA) is 49.7 Å². The van der Waals surface area contributed by atoms with Gasteiger partial charge in [-0.2, -0.15) is 8.42 Å². The first-order valence-corrected chi connectivity index (χ1v) is 9.72. The molecule has 0 saturated carbocycles. The van der Waals surface area contributed by atoms with Crippen molar-refractivity contribution in [1.82, 2.24) is 4.90 Å². The molecule has 4 nitrogen and oxygen atoms in total. The van der Waals surface area contributed by atoms with Crippen molar-refractivity contribution in [3.63, 3.8) is 0 Å². The quantitative estimate of drug-likeness (QED) is 0.766. The van der Waals surface area contributed by atoms with E-state index in [2.05, 4.69) is 4.40 Å². The summed E-state index contributed by atoms with van der Waals surface area (Å²) < 4.78 is 54.7. The zero-order valence-electron chi connectivity index (χ0n) is 13.8. The first-order chi connectivity index (χ1) is 12.4. The molecule has 0 atom stereocenters. The number of fused-ring (bicyclic) bond motifs is 1. The second-order valence-electron chi connectivity index (χ2n) is 6.35. The fourth-order valence-electron chi connectivity index (χ4n) is 3.30. The van der Waals surface area contributed by atoms with E-state index in [1.54, 1.807) is 30.3 Å². The molecule has 2 aromatic rings. The summed E-state index contributed by atoms with van der Waals surface area (Å²) in [7, 11) is -3.62. The van der Waals surface area contributed by atoms with E-state index in [9.17, 15) is 17.2 Å². The van der Waals surface area contributed by atoms with Crippen molar-refractivity contribution in [2.75, 3.05) is 13.1 Å². The molecule has 2 aliphatic rings. The maximum atomic E-state index is 13.3. The molecule has 0 aromatic heterocycles. The number of sulfonamides is 1. The molecule has 2 heterocycles. The summed E-state index contributed by atoms with van der Waals surface area (Å²) in [6.07, 6.45) is 3.28. The van der Waals surface area contributed by atoms with Gasteiger partial charge >= 0.3 is 0 Å². The van der Waals surface area contributed by atoms with E-state index >= 15 is 0 Å². The minimum atomic E-state index is -3.62. The lowest BCUT2D eigenvalue weighted by molar-refractivity contribution is 0.391. The minimum Gasteiger partial charge on any atom is -0.355 e. The van der Waals surface area contributed by atoms with E-state index < -0.39 is 21.7 Å².